The van der Waals surface area contributed by atoms with Gasteiger partial charge in [-0.25, -0.2) is 8.42 Å². The molecule has 0 unspecified atom stereocenters. The van der Waals surface area contributed by atoms with Crippen LogP contribution in [-0.2, 0) is 9.84 Å². The molecule has 2 rings (SSSR count). The van der Waals surface area contributed by atoms with E-state index in [1.807, 2.05) is 0 Å². The van der Waals surface area contributed by atoms with Crippen LogP contribution in [0.3, 0.4) is 0 Å². The molecule has 2 aliphatic carbocycles. The molecule has 0 saturated heterocycles. The number of sulfone groups is 1. The summed E-state index contributed by atoms with van der Waals surface area (Å²) in [5, 5.41) is 9.16. The van der Waals surface area contributed by atoms with Gasteiger partial charge < -0.3 is 5.11 Å². The monoisotopic (exact) mass is 246 g/mol. The summed E-state index contributed by atoms with van der Waals surface area (Å²) >= 11 is 0. The quantitative estimate of drug-likeness (QED) is 0.811. The van der Waals surface area contributed by atoms with Gasteiger partial charge in [-0.15, -0.1) is 0 Å². The van der Waals surface area contributed by atoms with Gasteiger partial charge in [-0.2, -0.15) is 0 Å². The highest BCUT2D eigenvalue weighted by Gasteiger charge is 2.36. The maximum atomic E-state index is 12.4. The maximum Gasteiger partial charge on any atom is 0.156 e. The number of rotatable bonds is 2. The molecular weight excluding hydrogens is 224 g/mol. The van der Waals surface area contributed by atoms with Gasteiger partial charge >= 0.3 is 0 Å². The zero-order valence-corrected chi connectivity index (χ0v) is 10.6. The zero-order chi connectivity index (χ0) is 11.6. The molecule has 0 heterocycles. The van der Waals surface area contributed by atoms with Gasteiger partial charge in [0.15, 0.2) is 9.84 Å². The highest BCUT2D eigenvalue weighted by Crippen LogP contribution is 2.32. The van der Waals surface area contributed by atoms with Crippen molar-refractivity contribution < 1.29 is 13.5 Å². The Morgan fingerprint density at radius 2 is 1.25 bits per heavy atom. The fourth-order valence-electron chi connectivity index (χ4n) is 3.04. The lowest BCUT2D eigenvalue weighted by Crippen LogP contribution is -2.36. The van der Waals surface area contributed by atoms with Crippen molar-refractivity contribution in [2.24, 2.45) is 0 Å². The van der Waals surface area contributed by atoms with E-state index in [0.717, 1.165) is 25.7 Å². The Morgan fingerprint density at radius 3 is 1.81 bits per heavy atom. The molecule has 16 heavy (non-hydrogen) atoms. The number of hydrogen-bond donors (Lipinski definition) is 1. The lowest BCUT2D eigenvalue weighted by molar-refractivity contribution is 0.131. The Morgan fingerprint density at radius 1 is 0.750 bits per heavy atom. The normalized spacial score (nSPS) is 33.8. The molecule has 0 spiro atoms. The first-order valence-electron chi connectivity index (χ1n) is 6.51. The van der Waals surface area contributed by atoms with Gasteiger partial charge in [-0.05, 0) is 38.5 Å². The predicted molar refractivity (Wildman–Crippen MR) is 64.1 cm³/mol. The molecule has 2 saturated carbocycles. The van der Waals surface area contributed by atoms with Gasteiger partial charge in [0.2, 0.25) is 0 Å². The molecule has 0 atom stereocenters. The summed E-state index contributed by atoms with van der Waals surface area (Å²) in [6.07, 6.45) is 7.45. The first-order chi connectivity index (χ1) is 7.60. The summed E-state index contributed by atoms with van der Waals surface area (Å²) in [6.45, 7) is 0. The van der Waals surface area contributed by atoms with Crippen LogP contribution in [0.4, 0.5) is 0 Å². The van der Waals surface area contributed by atoms with Crippen molar-refractivity contribution in [2.45, 2.75) is 74.4 Å². The lowest BCUT2D eigenvalue weighted by Gasteiger charge is -2.30. The zero-order valence-electron chi connectivity index (χ0n) is 9.77. The van der Waals surface area contributed by atoms with Crippen molar-refractivity contribution in [2.75, 3.05) is 0 Å². The number of hydrogen-bond acceptors (Lipinski definition) is 3. The smallest absolute Gasteiger partial charge is 0.156 e. The van der Waals surface area contributed by atoms with E-state index in [2.05, 4.69) is 0 Å². The molecular formula is C12H22O3S. The summed E-state index contributed by atoms with van der Waals surface area (Å²) in [4.78, 5) is 0. The molecule has 2 aliphatic rings. The molecule has 0 bridgehead atoms. The Kier molecular flexibility index (Phi) is 3.90. The van der Waals surface area contributed by atoms with Gasteiger partial charge in [-0.1, -0.05) is 19.3 Å². The van der Waals surface area contributed by atoms with Crippen LogP contribution in [-0.4, -0.2) is 30.1 Å². The summed E-state index contributed by atoms with van der Waals surface area (Å²) < 4.78 is 24.7. The van der Waals surface area contributed by atoms with Gasteiger partial charge in [0.25, 0.3) is 0 Å². The fourth-order valence-corrected chi connectivity index (χ4v) is 5.50. The Balaban J connectivity index is 2.00. The van der Waals surface area contributed by atoms with Crippen LogP contribution in [0.1, 0.15) is 57.8 Å². The second kappa shape index (κ2) is 5.05. The average Bonchev–Trinajstić information content (AvgIpc) is 2.31. The van der Waals surface area contributed by atoms with E-state index in [1.54, 1.807) is 0 Å². The molecule has 1 N–H and O–H groups in total. The molecule has 0 aromatic heterocycles. The van der Waals surface area contributed by atoms with Crippen molar-refractivity contribution in [1.29, 1.82) is 0 Å². The van der Waals surface area contributed by atoms with E-state index in [1.165, 1.54) is 6.42 Å². The van der Waals surface area contributed by atoms with Crippen molar-refractivity contribution in [3.05, 3.63) is 0 Å². The third-order valence-electron chi connectivity index (χ3n) is 4.13. The molecule has 0 amide bonds. The molecule has 0 aliphatic heterocycles. The predicted octanol–water partition coefficient (Wildman–Crippen LogP) is 2.04. The largest absolute Gasteiger partial charge is 0.393 e. The Labute approximate surface area is 98.2 Å². The molecule has 0 aromatic carbocycles. The Hall–Kier alpha value is -0.0900. The second-order valence-electron chi connectivity index (χ2n) is 5.28. The molecule has 0 radical (unpaired) electrons. The van der Waals surface area contributed by atoms with Gasteiger partial charge in [0, 0.05) is 0 Å². The summed E-state index contributed by atoms with van der Waals surface area (Å²) in [5.41, 5.74) is 0. The fraction of sp³-hybridized carbons (Fsp3) is 1.00. The van der Waals surface area contributed by atoms with Gasteiger partial charge in [0.05, 0.1) is 16.6 Å². The van der Waals surface area contributed by atoms with E-state index in [4.69, 9.17) is 0 Å². The minimum atomic E-state index is -2.92. The van der Waals surface area contributed by atoms with E-state index < -0.39 is 9.84 Å². The minimum Gasteiger partial charge on any atom is -0.393 e. The maximum absolute atomic E-state index is 12.4. The third kappa shape index (κ3) is 2.59. The first-order valence-corrected chi connectivity index (χ1v) is 8.12. The van der Waals surface area contributed by atoms with Crippen molar-refractivity contribution in [3.8, 4) is 0 Å². The number of aliphatic hydroxyl groups is 1. The third-order valence-corrected chi connectivity index (χ3v) is 6.93. The Bertz CT molecular complexity index is 309. The SMILES string of the molecule is O=S(=O)(C1CCCCC1)C1CCC(O)CC1. The van der Waals surface area contributed by atoms with E-state index in [-0.39, 0.29) is 16.6 Å². The molecule has 0 aromatic rings. The highest BCUT2D eigenvalue weighted by atomic mass is 32.2. The summed E-state index contributed by atoms with van der Waals surface area (Å²) in [7, 11) is -2.92. The highest BCUT2D eigenvalue weighted by molar-refractivity contribution is 7.92. The summed E-state index contributed by atoms with van der Waals surface area (Å²) in [6, 6.07) is 0. The van der Waals surface area contributed by atoms with Crippen LogP contribution >= 0.6 is 0 Å². The van der Waals surface area contributed by atoms with Crippen LogP contribution in [0, 0.1) is 0 Å². The summed E-state index contributed by atoms with van der Waals surface area (Å²) in [5.74, 6) is 0. The van der Waals surface area contributed by atoms with Gasteiger partial charge in [-0.3, -0.25) is 0 Å². The van der Waals surface area contributed by atoms with Gasteiger partial charge in [0.1, 0.15) is 0 Å². The second-order valence-corrected chi connectivity index (χ2v) is 7.79. The molecule has 4 heteroatoms. The average molecular weight is 246 g/mol. The molecule has 3 nitrogen and oxygen atoms in total. The van der Waals surface area contributed by atoms with E-state index in [9.17, 15) is 13.5 Å². The van der Waals surface area contributed by atoms with Crippen molar-refractivity contribution >= 4 is 9.84 Å². The molecule has 94 valence electrons. The van der Waals surface area contributed by atoms with Crippen molar-refractivity contribution in [1.82, 2.24) is 0 Å². The number of aliphatic hydroxyl groups excluding tert-OH is 1. The standard InChI is InChI=1S/C12H22O3S/c13-10-6-8-12(9-7-10)16(14,15)11-4-2-1-3-5-11/h10-13H,1-9H2. The van der Waals surface area contributed by atoms with Crippen molar-refractivity contribution in [3.63, 3.8) is 0 Å². The van der Waals surface area contributed by atoms with E-state index in [0.29, 0.717) is 25.7 Å². The topological polar surface area (TPSA) is 54.4 Å². The van der Waals surface area contributed by atoms with Crippen LogP contribution in [0.2, 0.25) is 0 Å². The molecule has 2 fully saturated rings. The minimum absolute atomic E-state index is 0.0820. The van der Waals surface area contributed by atoms with Crippen LogP contribution in [0.25, 0.3) is 0 Å². The van der Waals surface area contributed by atoms with E-state index >= 15 is 0 Å². The lowest BCUT2D eigenvalue weighted by atomic mass is 9.97. The van der Waals surface area contributed by atoms with Crippen LogP contribution in [0.5, 0.6) is 0 Å². The van der Waals surface area contributed by atoms with Crippen LogP contribution < -0.4 is 0 Å². The first kappa shape index (κ1) is 12.4. The van der Waals surface area contributed by atoms with Crippen LogP contribution in [0.15, 0.2) is 0 Å².